The van der Waals surface area contributed by atoms with Crippen molar-refractivity contribution in [1.29, 1.82) is 0 Å². The van der Waals surface area contributed by atoms with Crippen LogP contribution in [0.5, 0.6) is 0 Å². The summed E-state index contributed by atoms with van der Waals surface area (Å²) < 4.78 is 38.4. The minimum atomic E-state index is -4.58. The van der Waals surface area contributed by atoms with Crippen LogP contribution in [0.2, 0.25) is 0 Å². The maximum Gasteiger partial charge on any atom is 0.417 e. The van der Waals surface area contributed by atoms with Gasteiger partial charge in [0.1, 0.15) is 0 Å². The van der Waals surface area contributed by atoms with Gasteiger partial charge in [0, 0.05) is 24.7 Å². The van der Waals surface area contributed by atoms with E-state index in [-0.39, 0.29) is 6.54 Å². The summed E-state index contributed by atoms with van der Waals surface area (Å²) in [6.07, 6.45) is -4.24. The van der Waals surface area contributed by atoms with E-state index in [0.717, 1.165) is 18.2 Å². The number of benzene rings is 1. The van der Waals surface area contributed by atoms with Gasteiger partial charge in [-0.2, -0.15) is 13.2 Å². The average Bonchev–Trinajstić information content (AvgIpc) is 2.77. The van der Waals surface area contributed by atoms with Crippen LogP contribution in [-0.2, 0) is 0 Å². The van der Waals surface area contributed by atoms with E-state index in [1.807, 2.05) is 36.1 Å². The lowest BCUT2D eigenvalue weighted by atomic mass is 9.88. The van der Waals surface area contributed by atoms with Crippen molar-refractivity contribution in [2.24, 2.45) is 5.92 Å². The van der Waals surface area contributed by atoms with Crippen molar-refractivity contribution >= 4 is 5.69 Å². The van der Waals surface area contributed by atoms with Crippen LogP contribution in [0.1, 0.15) is 18.9 Å². The minimum Gasteiger partial charge on any atom is -0.380 e. The number of alkyl halides is 3. The molecular formula is C14H18F3NO. The van der Waals surface area contributed by atoms with E-state index < -0.39 is 17.7 Å². The molecule has 1 saturated heterocycles. The Morgan fingerprint density at radius 2 is 2.00 bits per heavy atom. The summed E-state index contributed by atoms with van der Waals surface area (Å²) in [4.78, 5) is 1.90. The molecule has 106 valence electrons. The van der Waals surface area contributed by atoms with Gasteiger partial charge in [-0.15, -0.1) is 0 Å². The normalized spacial score (nSPS) is 23.5. The molecule has 0 saturated carbocycles. The Bertz CT molecular complexity index is 456. The third kappa shape index (κ3) is 2.71. The molecule has 19 heavy (non-hydrogen) atoms. The zero-order chi connectivity index (χ0) is 14.3. The van der Waals surface area contributed by atoms with Crippen molar-refractivity contribution in [2.45, 2.75) is 32.0 Å². The Hall–Kier alpha value is -1.23. The fourth-order valence-electron chi connectivity index (χ4n) is 2.51. The molecule has 5 heteroatoms. The van der Waals surface area contributed by atoms with E-state index in [1.165, 1.54) is 0 Å². The summed E-state index contributed by atoms with van der Waals surface area (Å²) >= 11 is 0. The minimum absolute atomic E-state index is 0.232. The molecule has 0 spiro atoms. The molecular weight excluding hydrogens is 255 g/mol. The molecule has 1 heterocycles. The van der Waals surface area contributed by atoms with Crippen molar-refractivity contribution in [2.75, 3.05) is 18.0 Å². The summed E-state index contributed by atoms with van der Waals surface area (Å²) in [6.45, 7) is 3.59. The summed E-state index contributed by atoms with van der Waals surface area (Å²) in [5.41, 5.74) is -0.630. The van der Waals surface area contributed by atoms with Crippen LogP contribution >= 0.6 is 0 Å². The molecule has 0 aliphatic carbocycles. The first kappa shape index (κ1) is 14.2. The summed E-state index contributed by atoms with van der Waals surface area (Å²) in [5, 5.41) is 9.72. The molecule has 1 fully saturated rings. The highest BCUT2D eigenvalue weighted by Crippen LogP contribution is 2.40. The number of aliphatic hydroxyl groups is 1. The highest BCUT2D eigenvalue weighted by Gasteiger charge is 2.56. The molecule has 1 aliphatic rings. The molecule has 1 aliphatic heterocycles. The molecule has 0 amide bonds. The van der Waals surface area contributed by atoms with Crippen LogP contribution in [0.3, 0.4) is 0 Å². The van der Waals surface area contributed by atoms with Crippen LogP contribution in [0.4, 0.5) is 18.9 Å². The van der Waals surface area contributed by atoms with Crippen LogP contribution in [0.25, 0.3) is 0 Å². The first-order valence-electron chi connectivity index (χ1n) is 6.32. The number of aryl methyl sites for hydroxylation is 1. The van der Waals surface area contributed by atoms with Crippen molar-refractivity contribution < 1.29 is 18.3 Å². The van der Waals surface area contributed by atoms with Gasteiger partial charge in [-0.1, -0.05) is 12.1 Å². The molecule has 1 aromatic carbocycles. The highest BCUT2D eigenvalue weighted by molar-refractivity contribution is 5.49. The number of hydrogen-bond acceptors (Lipinski definition) is 2. The highest BCUT2D eigenvalue weighted by atomic mass is 19.4. The second-order valence-electron chi connectivity index (χ2n) is 5.42. The van der Waals surface area contributed by atoms with Crippen LogP contribution < -0.4 is 4.90 Å². The van der Waals surface area contributed by atoms with Crippen molar-refractivity contribution in [3.63, 3.8) is 0 Å². The third-order valence-electron chi connectivity index (χ3n) is 3.92. The number of rotatable bonds is 2. The van der Waals surface area contributed by atoms with Crippen molar-refractivity contribution in [3.05, 3.63) is 29.8 Å². The summed E-state index contributed by atoms with van der Waals surface area (Å²) in [6, 6.07) is 7.67. The lowest BCUT2D eigenvalue weighted by Crippen LogP contribution is -2.49. The SMILES string of the molecule is Cc1cccc(N2CCC(C(C)(O)C(F)(F)F)C2)c1. The van der Waals surface area contributed by atoms with Crippen LogP contribution in [-0.4, -0.2) is 30.0 Å². The Labute approximate surface area is 110 Å². The maximum absolute atomic E-state index is 12.8. The van der Waals surface area contributed by atoms with Gasteiger partial charge in [0.2, 0.25) is 0 Å². The van der Waals surface area contributed by atoms with Gasteiger partial charge in [-0.3, -0.25) is 0 Å². The first-order valence-corrected chi connectivity index (χ1v) is 6.32. The standard InChI is InChI=1S/C14H18F3NO/c1-10-4-3-5-12(8-10)18-7-6-11(9-18)13(2,19)14(15,16)17/h3-5,8,11,19H,6-7,9H2,1-2H3. The molecule has 2 unspecified atom stereocenters. The molecule has 1 N–H and O–H groups in total. The Kier molecular flexibility index (Phi) is 3.51. The van der Waals surface area contributed by atoms with Gasteiger partial charge in [-0.25, -0.2) is 0 Å². The van der Waals surface area contributed by atoms with E-state index in [2.05, 4.69) is 0 Å². The van der Waals surface area contributed by atoms with E-state index in [0.29, 0.717) is 13.0 Å². The molecule has 2 rings (SSSR count). The first-order chi connectivity index (χ1) is 8.72. The molecule has 0 radical (unpaired) electrons. The largest absolute Gasteiger partial charge is 0.417 e. The molecule has 2 atom stereocenters. The van der Waals surface area contributed by atoms with Crippen molar-refractivity contribution in [1.82, 2.24) is 0 Å². The maximum atomic E-state index is 12.8. The van der Waals surface area contributed by atoms with Crippen molar-refractivity contribution in [3.8, 4) is 0 Å². The fraction of sp³-hybridized carbons (Fsp3) is 0.571. The third-order valence-corrected chi connectivity index (χ3v) is 3.92. The second kappa shape index (κ2) is 4.71. The number of anilines is 1. The fourth-order valence-corrected chi connectivity index (χ4v) is 2.51. The Balaban J connectivity index is 2.13. The Morgan fingerprint density at radius 3 is 2.58 bits per heavy atom. The molecule has 2 nitrogen and oxygen atoms in total. The van der Waals surface area contributed by atoms with Gasteiger partial charge < -0.3 is 10.0 Å². The second-order valence-corrected chi connectivity index (χ2v) is 5.42. The zero-order valence-corrected chi connectivity index (χ0v) is 11.0. The van der Waals surface area contributed by atoms with Crippen LogP contribution in [0, 0.1) is 12.8 Å². The predicted molar refractivity (Wildman–Crippen MR) is 68.2 cm³/mol. The zero-order valence-electron chi connectivity index (χ0n) is 11.0. The lowest BCUT2D eigenvalue weighted by Gasteiger charge is -2.32. The van der Waals surface area contributed by atoms with Crippen LogP contribution in [0.15, 0.2) is 24.3 Å². The van der Waals surface area contributed by atoms with Gasteiger partial charge >= 0.3 is 6.18 Å². The van der Waals surface area contributed by atoms with Gasteiger partial charge in [0.15, 0.2) is 5.60 Å². The molecule has 1 aromatic rings. The van der Waals surface area contributed by atoms with Gasteiger partial charge in [0.25, 0.3) is 0 Å². The van der Waals surface area contributed by atoms with Gasteiger partial charge in [-0.05, 0) is 38.0 Å². The number of halogens is 3. The molecule has 0 aromatic heterocycles. The monoisotopic (exact) mass is 273 g/mol. The Morgan fingerprint density at radius 1 is 1.32 bits per heavy atom. The quantitative estimate of drug-likeness (QED) is 0.895. The van der Waals surface area contributed by atoms with Gasteiger partial charge in [0.05, 0.1) is 0 Å². The molecule has 0 bridgehead atoms. The smallest absolute Gasteiger partial charge is 0.380 e. The van der Waals surface area contributed by atoms with E-state index in [1.54, 1.807) is 0 Å². The summed E-state index contributed by atoms with van der Waals surface area (Å²) in [7, 11) is 0. The topological polar surface area (TPSA) is 23.5 Å². The number of nitrogens with zero attached hydrogens (tertiary/aromatic N) is 1. The number of hydrogen-bond donors (Lipinski definition) is 1. The van der Waals surface area contributed by atoms with E-state index in [9.17, 15) is 18.3 Å². The summed E-state index contributed by atoms with van der Waals surface area (Å²) in [5.74, 6) is -0.784. The van der Waals surface area contributed by atoms with E-state index >= 15 is 0 Å². The lowest BCUT2D eigenvalue weighted by molar-refractivity contribution is -0.269. The van der Waals surface area contributed by atoms with E-state index in [4.69, 9.17) is 0 Å². The average molecular weight is 273 g/mol. The predicted octanol–water partition coefficient (Wildman–Crippen LogP) is 3.13.